The molecule has 6 heteroatoms. The third kappa shape index (κ3) is 4.49. The van der Waals surface area contributed by atoms with Crippen LogP contribution in [0, 0.1) is 11.6 Å². The minimum atomic E-state index is -0.328. The van der Waals surface area contributed by atoms with Crippen molar-refractivity contribution in [1.82, 2.24) is 15.6 Å². The number of nitrogens with one attached hydrogen (secondary N) is 3. The first-order chi connectivity index (χ1) is 14.6. The van der Waals surface area contributed by atoms with Crippen molar-refractivity contribution in [2.45, 2.75) is 12.5 Å². The summed E-state index contributed by atoms with van der Waals surface area (Å²) in [6, 6.07) is 19.9. The molecule has 4 rings (SSSR count). The number of carbonyl (C=O) groups excluding carboxylic acids is 1. The summed E-state index contributed by atoms with van der Waals surface area (Å²) in [5.41, 5.74) is 3.73. The summed E-state index contributed by atoms with van der Waals surface area (Å²) < 4.78 is 26.4. The second-order valence-electron chi connectivity index (χ2n) is 7.08. The normalized spacial score (nSPS) is 11.9. The number of hydrogen-bond acceptors (Lipinski definition) is 1. The van der Waals surface area contributed by atoms with Crippen molar-refractivity contribution in [3.63, 3.8) is 0 Å². The highest BCUT2D eigenvalue weighted by molar-refractivity contribution is 5.84. The molecule has 0 fully saturated rings. The Morgan fingerprint density at radius 2 is 1.53 bits per heavy atom. The molecule has 4 aromatic rings. The number of para-hydroxylation sites is 1. The molecule has 0 spiro atoms. The average molecular weight is 405 g/mol. The Balaban J connectivity index is 1.49. The molecule has 2 amide bonds. The predicted octanol–water partition coefficient (Wildman–Crippen LogP) is 5.08. The summed E-state index contributed by atoms with van der Waals surface area (Å²) in [5, 5.41) is 6.73. The summed E-state index contributed by atoms with van der Waals surface area (Å²) in [6.45, 7) is 0.628. The van der Waals surface area contributed by atoms with E-state index < -0.39 is 0 Å². The van der Waals surface area contributed by atoms with Gasteiger partial charge in [-0.05, 0) is 47.0 Å². The quantitative estimate of drug-likeness (QED) is 0.412. The van der Waals surface area contributed by atoms with Gasteiger partial charge in [0, 0.05) is 36.1 Å². The first kappa shape index (κ1) is 19.6. The Morgan fingerprint density at radius 1 is 0.867 bits per heavy atom. The van der Waals surface area contributed by atoms with E-state index in [4.69, 9.17) is 0 Å². The summed E-state index contributed by atoms with van der Waals surface area (Å²) in [6.07, 6.45) is 1.93. The molecule has 0 unspecified atom stereocenters. The molecule has 0 radical (unpaired) electrons. The summed E-state index contributed by atoms with van der Waals surface area (Å²) in [5.74, 6) is -0.774. The van der Waals surface area contributed by atoms with Crippen LogP contribution in [0.4, 0.5) is 13.6 Å². The maximum atomic E-state index is 13.4. The fourth-order valence-electron chi connectivity index (χ4n) is 3.53. The molecule has 0 saturated heterocycles. The van der Waals surface area contributed by atoms with Gasteiger partial charge in [-0.15, -0.1) is 0 Å². The minimum absolute atomic E-state index is 0.154. The zero-order valence-electron chi connectivity index (χ0n) is 16.2. The Labute approximate surface area is 172 Å². The van der Waals surface area contributed by atoms with Crippen LogP contribution in [0.1, 0.15) is 22.6 Å². The summed E-state index contributed by atoms with van der Waals surface area (Å²) >= 11 is 0. The largest absolute Gasteiger partial charge is 0.361 e. The number of aromatic nitrogens is 1. The third-order valence-electron chi connectivity index (χ3n) is 5.10. The van der Waals surface area contributed by atoms with Crippen LogP contribution in [0.2, 0.25) is 0 Å². The maximum Gasteiger partial charge on any atom is 0.315 e. The molecular formula is C24H21F2N3O. The summed E-state index contributed by atoms with van der Waals surface area (Å²) in [7, 11) is 0. The van der Waals surface area contributed by atoms with Crippen molar-refractivity contribution < 1.29 is 13.6 Å². The van der Waals surface area contributed by atoms with Crippen LogP contribution in [0.25, 0.3) is 10.9 Å². The average Bonchev–Trinajstić information content (AvgIpc) is 3.19. The van der Waals surface area contributed by atoms with E-state index in [-0.39, 0.29) is 23.6 Å². The first-order valence-corrected chi connectivity index (χ1v) is 9.68. The van der Waals surface area contributed by atoms with Crippen molar-refractivity contribution >= 4 is 16.9 Å². The standard InChI is InChI=1S/C24H21F2N3O/c25-18-9-5-16(6-10-18)13-28-24(30)29-14-21(17-7-11-19(26)12-8-17)22-15-27-23-4-2-1-3-20(22)23/h1-12,15,21,27H,13-14H2,(H2,28,29,30)/t21-/m0/s1. The number of urea groups is 1. The van der Waals surface area contributed by atoms with Gasteiger partial charge in [-0.3, -0.25) is 0 Å². The van der Waals surface area contributed by atoms with Crippen LogP contribution < -0.4 is 10.6 Å². The lowest BCUT2D eigenvalue weighted by molar-refractivity contribution is 0.240. The molecule has 0 aliphatic heterocycles. The molecule has 0 saturated carbocycles. The molecule has 0 aliphatic carbocycles. The van der Waals surface area contributed by atoms with Gasteiger partial charge in [-0.25, -0.2) is 13.6 Å². The SMILES string of the molecule is O=C(NCc1ccc(F)cc1)NC[C@@H](c1ccc(F)cc1)c1c[nH]c2ccccc12. The van der Waals surface area contributed by atoms with Gasteiger partial charge in [0.05, 0.1) is 0 Å². The second-order valence-corrected chi connectivity index (χ2v) is 7.08. The molecule has 30 heavy (non-hydrogen) atoms. The number of rotatable bonds is 6. The van der Waals surface area contributed by atoms with E-state index in [1.807, 2.05) is 30.5 Å². The number of halogens is 2. The molecule has 1 heterocycles. The number of fused-ring (bicyclic) bond motifs is 1. The van der Waals surface area contributed by atoms with Crippen LogP contribution in [0.3, 0.4) is 0 Å². The molecule has 3 N–H and O–H groups in total. The Hall–Kier alpha value is -3.67. The van der Waals surface area contributed by atoms with E-state index in [1.165, 1.54) is 24.3 Å². The molecule has 3 aromatic carbocycles. The van der Waals surface area contributed by atoms with E-state index in [2.05, 4.69) is 15.6 Å². The zero-order valence-corrected chi connectivity index (χ0v) is 16.2. The highest BCUT2D eigenvalue weighted by atomic mass is 19.1. The number of amides is 2. The maximum absolute atomic E-state index is 13.4. The number of benzene rings is 3. The van der Waals surface area contributed by atoms with Crippen LogP contribution in [0.15, 0.2) is 79.0 Å². The number of carbonyl (C=O) groups is 1. The number of hydrogen-bond donors (Lipinski definition) is 3. The van der Waals surface area contributed by atoms with Crippen LogP contribution in [0.5, 0.6) is 0 Å². The summed E-state index contributed by atoms with van der Waals surface area (Å²) in [4.78, 5) is 15.6. The number of aromatic amines is 1. The van der Waals surface area contributed by atoms with Gasteiger partial charge in [0.2, 0.25) is 0 Å². The smallest absolute Gasteiger partial charge is 0.315 e. The van der Waals surface area contributed by atoms with Crippen LogP contribution >= 0.6 is 0 Å². The van der Waals surface area contributed by atoms with Crippen molar-refractivity contribution in [3.05, 3.63) is 107 Å². The van der Waals surface area contributed by atoms with E-state index in [9.17, 15) is 13.6 Å². The lowest BCUT2D eigenvalue weighted by Crippen LogP contribution is -2.37. The molecular weight excluding hydrogens is 384 g/mol. The van der Waals surface area contributed by atoms with Gasteiger partial charge < -0.3 is 15.6 Å². The second kappa shape index (κ2) is 8.78. The van der Waals surface area contributed by atoms with Crippen LogP contribution in [-0.4, -0.2) is 17.6 Å². The molecule has 152 valence electrons. The molecule has 0 bridgehead atoms. The van der Waals surface area contributed by atoms with Gasteiger partial charge in [0.15, 0.2) is 0 Å². The molecule has 1 aromatic heterocycles. The van der Waals surface area contributed by atoms with Gasteiger partial charge in [-0.2, -0.15) is 0 Å². The van der Waals surface area contributed by atoms with E-state index >= 15 is 0 Å². The van der Waals surface area contributed by atoms with E-state index in [0.717, 1.165) is 27.6 Å². The van der Waals surface area contributed by atoms with Gasteiger partial charge >= 0.3 is 6.03 Å². The lowest BCUT2D eigenvalue weighted by Gasteiger charge is -2.18. The highest BCUT2D eigenvalue weighted by Crippen LogP contribution is 2.30. The Morgan fingerprint density at radius 3 is 2.27 bits per heavy atom. The lowest BCUT2D eigenvalue weighted by atomic mass is 9.91. The third-order valence-corrected chi connectivity index (χ3v) is 5.10. The van der Waals surface area contributed by atoms with Crippen molar-refractivity contribution in [3.8, 4) is 0 Å². The first-order valence-electron chi connectivity index (χ1n) is 9.68. The molecule has 1 atom stereocenters. The Bertz CT molecular complexity index is 1140. The monoisotopic (exact) mass is 405 g/mol. The molecule has 0 aliphatic rings. The topological polar surface area (TPSA) is 56.9 Å². The molecule has 4 nitrogen and oxygen atoms in total. The Kier molecular flexibility index (Phi) is 5.75. The fraction of sp³-hybridized carbons (Fsp3) is 0.125. The van der Waals surface area contributed by atoms with Crippen molar-refractivity contribution in [2.24, 2.45) is 0 Å². The zero-order chi connectivity index (χ0) is 20.9. The van der Waals surface area contributed by atoms with Crippen molar-refractivity contribution in [1.29, 1.82) is 0 Å². The number of H-pyrrole nitrogens is 1. The van der Waals surface area contributed by atoms with Crippen molar-refractivity contribution in [2.75, 3.05) is 6.54 Å². The minimum Gasteiger partial charge on any atom is -0.361 e. The highest BCUT2D eigenvalue weighted by Gasteiger charge is 2.19. The van der Waals surface area contributed by atoms with Gasteiger partial charge in [0.25, 0.3) is 0 Å². The predicted molar refractivity (Wildman–Crippen MR) is 113 cm³/mol. The fourth-order valence-corrected chi connectivity index (χ4v) is 3.53. The van der Waals surface area contributed by atoms with Gasteiger partial charge in [0.1, 0.15) is 11.6 Å². The van der Waals surface area contributed by atoms with E-state index in [1.54, 1.807) is 24.3 Å². The van der Waals surface area contributed by atoms with Crippen LogP contribution in [-0.2, 0) is 6.54 Å². The van der Waals surface area contributed by atoms with Gasteiger partial charge in [-0.1, -0.05) is 42.5 Å². The van der Waals surface area contributed by atoms with E-state index in [0.29, 0.717) is 13.1 Å².